The normalized spacial score (nSPS) is 17.7. The minimum Gasteiger partial charge on any atom is -0.349 e. The zero-order valence-corrected chi connectivity index (χ0v) is 11.5. The Morgan fingerprint density at radius 2 is 1.94 bits per heavy atom. The van der Waals surface area contributed by atoms with Gasteiger partial charge in [0.1, 0.15) is 0 Å². The van der Waals surface area contributed by atoms with Gasteiger partial charge in [-0.25, -0.2) is 0 Å². The molecule has 2 rings (SSSR count). The van der Waals surface area contributed by atoms with Gasteiger partial charge >= 0.3 is 0 Å². The third kappa shape index (κ3) is 2.91. The lowest BCUT2D eigenvalue weighted by Gasteiger charge is -2.29. The molecule has 18 heavy (non-hydrogen) atoms. The van der Waals surface area contributed by atoms with Crippen LogP contribution in [0.3, 0.4) is 0 Å². The van der Waals surface area contributed by atoms with Crippen molar-refractivity contribution in [2.45, 2.75) is 32.7 Å². The van der Waals surface area contributed by atoms with Crippen LogP contribution in [0.4, 0.5) is 0 Å². The molecule has 1 fully saturated rings. The maximum absolute atomic E-state index is 12.2. The van der Waals surface area contributed by atoms with Crippen LogP contribution in [0.1, 0.15) is 34.3 Å². The number of nitrogens with one attached hydrogen (secondary N) is 1. The van der Waals surface area contributed by atoms with E-state index in [1.54, 1.807) is 0 Å². The van der Waals surface area contributed by atoms with E-state index in [0.717, 1.165) is 37.1 Å². The van der Waals surface area contributed by atoms with Crippen LogP contribution >= 0.6 is 0 Å². The Labute approximate surface area is 109 Å². The van der Waals surface area contributed by atoms with Crippen molar-refractivity contribution in [3.8, 4) is 0 Å². The van der Waals surface area contributed by atoms with Crippen molar-refractivity contribution in [2.75, 3.05) is 20.1 Å². The fourth-order valence-electron chi connectivity index (χ4n) is 2.41. The Morgan fingerprint density at radius 3 is 2.61 bits per heavy atom. The number of aryl methyl sites for hydroxylation is 1. The average molecular weight is 246 g/mol. The van der Waals surface area contributed by atoms with Gasteiger partial charge in [0, 0.05) is 11.6 Å². The van der Waals surface area contributed by atoms with Crippen molar-refractivity contribution < 1.29 is 4.79 Å². The van der Waals surface area contributed by atoms with Gasteiger partial charge in [0.2, 0.25) is 0 Å². The molecule has 1 N–H and O–H groups in total. The Bertz CT molecular complexity index is 434. The third-order valence-corrected chi connectivity index (χ3v) is 3.90. The molecule has 0 atom stereocenters. The maximum Gasteiger partial charge on any atom is 0.251 e. The van der Waals surface area contributed by atoms with E-state index in [-0.39, 0.29) is 5.91 Å². The van der Waals surface area contributed by atoms with Crippen molar-refractivity contribution >= 4 is 5.91 Å². The van der Waals surface area contributed by atoms with Crippen molar-refractivity contribution in [3.05, 3.63) is 34.9 Å². The van der Waals surface area contributed by atoms with E-state index in [1.165, 1.54) is 5.56 Å². The van der Waals surface area contributed by atoms with E-state index >= 15 is 0 Å². The summed E-state index contributed by atoms with van der Waals surface area (Å²) >= 11 is 0. The van der Waals surface area contributed by atoms with Crippen LogP contribution in [0.25, 0.3) is 0 Å². The summed E-state index contributed by atoms with van der Waals surface area (Å²) in [6, 6.07) is 6.23. The molecule has 0 bridgehead atoms. The van der Waals surface area contributed by atoms with E-state index in [9.17, 15) is 4.79 Å². The Balaban J connectivity index is 2.01. The van der Waals surface area contributed by atoms with Crippen molar-refractivity contribution in [3.63, 3.8) is 0 Å². The molecule has 0 aliphatic carbocycles. The molecule has 1 amide bonds. The highest BCUT2D eigenvalue weighted by Crippen LogP contribution is 2.14. The lowest BCUT2D eigenvalue weighted by Crippen LogP contribution is -2.43. The second kappa shape index (κ2) is 5.53. The molecule has 1 heterocycles. The van der Waals surface area contributed by atoms with Gasteiger partial charge in [-0.15, -0.1) is 0 Å². The standard InChI is InChI=1S/C15H22N2O/c1-11-5-4-6-14(12(11)2)15(18)16-13-7-9-17(3)10-8-13/h4-6,13H,7-10H2,1-3H3,(H,16,18). The molecule has 0 unspecified atom stereocenters. The lowest BCUT2D eigenvalue weighted by atomic mass is 10.0. The van der Waals surface area contributed by atoms with Crippen LogP contribution in [0.2, 0.25) is 0 Å². The zero-order valence-electron chi connectivity index (χ0n) is 11.5. The second-order valence-electron chi connectivity index (χ2n) is 5.30. The first kappa shape index (κ1) is 13.1. The quantitative estimate of drug-likeness (QED) is 0.867. The largest absolute Gasteiger partial charge is 0.349 e. The number of rotatable bonds is 2. The Morgan fingerprint density at radius 1 is 1.28 bits per heavy atom. The highest BCUT2D eigenvalue weighted by Gasteiger charge is 2.19. The Hall–Kier alpha value is -1.35. The lowest BCUT2D eigenvalue weighted by molar-refractivity contribution is 0.0916. The number of likely N-dealkylation sites (tertiary alicyclic amines) is 1. The summed E-state index contributed by atoms with van der Waals surface area (Å²) in [4.78, 5) is 14.5. The molecule has 1 aliphatic rings. The molecule has 0 radical (unpaired) electrons. The summed E-state index contributed by atoms with van der Waals surface area (Å²) in [5.41, 5.74) is 3.07. The minimum atomic E-state index is 0.0748. The molecule has 1 aromatic rings. The van der Waals surface area contributed by atoms with Gasteiger partial charge in [-0.3, -0.25) is 4.79 Å². The van der Waals surface area contributed by atoms with Gasteiger partial charge in [0.15, 0.2) is 0 Å². The summed E-state index contributed by atoms with van der Waals surface area (Å²) < 4.78 is 0. The number of nitrogens with zero attached hydrogens (tertiary/aromatic N) is 1. The molecule has 1 aliphatic heterocycles. The first-order valence-corrected chi connectivity index (χ1v) is 6.63. The average Bonchev–Trinajstić information content (AvgIpc) is 2.35. The first-order valence-electron chi connectivity index (χ1n) is 6.63. The predicted molar refractivity (Wildman–Crippen MR) is 73.9 cm³/mol. The SMILES string of the molecule is Cc1cccc(C(=O)NC2CCN(C)CC2)c1C. The number of carbonyl (C=O) groups excluding carboxylic acids is 1. The van der Waals surface area contributed by atoms with Gasteiger partial charge < -0.3 is 10.2 Å². The number of piperidine rings is 1. The van der Waals surface area contributed by atoms with Gasteiger partial charge in [-0.05, 0) is 64.0 Å². The predicted octanol–water partition coefficient (Wildman–Crippen LogP) is 2.13. The van der Waals surface area contributed by atoms with E-state index in [4.69, 9.17) is 0 Å². The first-order chi connectivity index (χ1) is 8.58. The molecule has 3 nitrogen and oxygen atoms in total. The zero-order chi connectivity index (χ0) is 13.1. The molecule has 98 valence electrons. The molecular formula is C15H22N2O. The highest BCUT2D eigenvalue weighted by molar-refractivity contribution is 5.96. The third-order valence-electron chi connectivity index (χ3n) is 3.90. The smallest absolute Gasteiger partial charge is 0.251 e. The number of carbonyl (C=O) groups is 1. The fraction of sp³-hybridized carbons (Fsp3) is 0.533. The van der Waals surface area contributed by atoms with E-state index < -0.39 is 0 Å². The van der Waals surface area contributed by atoms with Crippen molar-refractivity contribution in [2.24, 2.45) is 0 Å². The second-order valence-corrected chi connectivity index (χ2v) is 5.30. The summed E-state index contributed by atoms with van der Waals surface area (Å²) in [5, 5.41) is 3.16. The Kier molecular flexibility index (Phi) is 4.02. The molecule has 3 heteroatoms. The fourth-order valence-corrected chi connectivity index (χ4v) is 2.41. The number of hydrogen-bond donors (Lipinski definition) is 1. The highest BCUT2D eigenvalue weighted by atomic mass is 16.1. The van der Waals surface area contributed by atoms with Crippen LogP contribution in [0, 0.1) is 13.8 Å². The topological polar surface area (TPSA) is 32.3 Å². The van der Waals surface area contributed by atoms with Crippen LogP contribution in [0.15, 0.2) is 18.2 Å². The molecule has 1 aromatic carbocycles. The van der Waals surface area contributed by atoms with Crippen LogP contribution in [-0.4, -0.2) is 37.0 Å². The molecule has 0 saturated carbocycles. The van der Waals surface area contributed by atoms with Gasteiger partial charge in [-0.1, -0.05) is 12.1 Å². The number of benzene rings is 1. The maximum atomic E-state index is 12.2. The van der Waals surface area contributed by atoms with Gasteiger partial charge in [0.05, 0.1) is 0 Å². The van der Waals surface area contributed by atoms with E-state index in [2.05, 4.69) is 17.3 Å². The summed E-state index contributed by atoms with van der Waals surface area (Å²) in [5.74, 6) is 0.0748. The summed E-state index contributed by atoms with van der Waals surface area (Å²) in [6.07, 6.45) is 2.10. The van der Waals surface area contributed by atoms with Crippen molar-refractivity contribution in [1.29, 1.82) is 0 Å². The molecular weight excluding hydrogens is 224 g/mol. The summed E-state index contributed by atoms with van der Waals surface area (Å²) in [7, 11) is 2.13. The van der Waals surface area contributed by atoms with Crippen molar-refractivity contribution in [1.82, 2.24) is 10.2 Å². The summed E-state index contributed by atoms with van der Waals surface area (Å²) in [6.45, 7) is 6.19. The molecule has 1 saturated heterocycles. The van der Waals surface area contributed by atoms with E-state index in [0.29, 0.717) is 6.04 Å². The van der Waals surface area contributed by atoms with Crippen LogP contribution in [0.5, 0.6) is 0 Å². The number of hydrogen-bond acceptors (Lipinski definition) is 2. The van der Waals surface area contributed by atoms with Gasteiger partial charge in [-0.2, -0.15) is 0 Å². The van der Waals surface area contributed by atoms with Crippen LogP contribution in [-0.2, 0) is 0 Å². The van der Waals surface area contributed by atoms with E-state index in [1.807, 2.05) is 32.0 Å². The van der Waals surface area contributed by atoms with Gasteiger partial charge in [0.25, 0.3) is 5.91 Å². The molecule has 0 spiro atoms. The minimum absolute atomic E-state index is 0.0748. The number of amides is 1. The molecule has 0 aromatic heterocycles. The monoisotopic (exact) mass is 246 g/mol. The van der Waals surface area contributed by atoms with Crippen LogP contribution < -0.4 is 5.32 Å².